The van der Waals surface area contributed by atoms with E-state index >= 15 is 0 Å². The Labute approximate surface area is 85.1 Å². The summed E-state index contributed by atoms with van der Waals surface area (Å²) in [5.74, 6) is 1.54. The van der Waals surface area contributed by atoms with Gasteiger partial charge in [0.05, 0.1) is 7.11 Å². The summed E-state index contributed by atoms with van der Waals surface area (Å²) < 4.78 is 5.22. The molecule has 2 rings (SSSR count). The Kier molecular flexibility index (Phi) is 2.04. The van der Waals surface area contributed by atoms with Gasteiger partial charge in [0.1, 0.15) is 5.75 Å². The summed E-state index contributed by atoms with van der Waals surface area (Å²) in [4.78, 5) is 0. The van der Waals surface area contributed by atoms with E-state index in [1.54, 1.807) is 7.11 Å². The first-order valence-electron chi connectivity index (χ1n) is 5.02. The summed E-state index contributed by atoms with van der Waals surface area (Å²) in [6.07, 6.45) is 1.10. The zero-order valence-corrected chi connectivity index (χ0v) is 9.00. The van der Waals surface area contributed by atoms with Gasteiger partial charge in [-0.3, -0.25) is 0 Å². The molecule has 1 saturated carbocycles. The van der Waals surface area contributed by atoms with Crippen molar-refractivity contribution >= 4 is 0 Å². The highest BCUT2D eigenvalue weighted by molar-refractivity contribution is 5.41. The molecular weight excluding hydrogens is 174 g/mol. The first kappa shape index (κ1) is 9.53. The lowest BCUT2D eigenvalue weighted by Gasteiger charge is -2.13. The third kappa shape index (κ3) is 1.30. The Morgan fingerprint density at radius 2 is 2.14 bits per heavy atom. The van der Waals surface area contributed by atoms with Crippen molar-refractivity contribution in [3.05, 3.63) is 29.3 Å². The van der Waals surface area contributed by atoms with E-state index in [2.05, 4.69) is 26.0 Å². The second-order valence-electron chi connectivity index (χ2n) is 4.33. The molecule has 2 N–H and O–H groups in total. The molecule has 2 heteroatoms. The van der Waals surface area contributed by atoms with E-state index in [0.29, 0.717) is 5.92 Å². The average molecular weight is 191 g/mol. The van der Waals surface area contributed by atoms with Gasteiger partial charge in [0.15, 0.2) is 0 Å². The molecule has 0 amide bonds. The maximum absolute atomic E-state index is 6.23. The number of nitrogens with two attached hydrogens (primary N) is 1. The van der Waals surface area contributed by atoms with Gasteiger partial charge in [-0.15, -0.1) is 0 Å². The van der Waals surface area contributed by atoms with Crippen molar-refractivity contribution < 1.29 is 4.74 Å². The van der Waals surface area contributed by atoms with Crippen LogP contribution in [0.5, 0.6) is 5.75 Å². The van der Waals surface area contributed by atoms with Crippen molar-refractivity contribution in [3.8, 4) is 5.75 Å². The third-order valence-electron chi connectivity index (χ3n) is 3.30. The van der Waals surface area contributed by atoms with Crippen LogP contribution in [0.2, 0.25) is 0 Å². The summed E-state index contributed by atoms with van der Waals surface area (Å²) in [6, 6.07) is 6.22. The van der Waals surface area contributed by atoms with E-state index in [-0.39, 0.29) is 5.54 Å². The van der Waals surface area contributed by atoms with Crippen molar-refractivity contribution in [2.45, 2.75) is 25.8 Å². The molecule has 0 radical (unpaired) electrons. The fraction of sp³-hybridized carbons (Fsp3) is 0.500. The van der Waals surface area contributed by atoms with Gasteiger partial charge in [-0.25, -0.2) is 0 Å². The van der Waals surface area contributed by atoms with Crippen LogP contribution in [0.3, 0.4) is 0 Å². The SMILES string of the molecule is COc1ccc(C2(N)CC2C)cc1C. The van der Waals surface area contributed by atoms with Crippen molar-refractivity contribution in [2.24, 2.45) is 11.7 Å². The first-order chi connectivity index (χ1) is 6.58. The van der Waals surface area contributed by atoms with Crippen LogP contribution < -0.4 is 10.5 Å². The monoisotopic (exact) mass is 191 g/mol. The predicted octanol–water partition coefficient (Wildman–Crippen LogP) is 2.20. The van der Waals surface area contributed by atoms with Crippen LogP contribution in [0, 0.1) is 12.8 Å². The second kappa shape index (κ2) is 2.99. The fourth-order valence-corrected chi connectivity index (χ4v) is 2.02. The largest absolute Gasteiger partial charge is 0.496 e. The minimum atomic E-state index is -0.0724. The molecule has 1 aromatic carbocycles. The quantitative estimate of drug-likeness (QED) is 0.777. The molecule has 1 aliphatic rings. The van der Waals surface area contributed by atoms with Crippen LogP contribution in [-0.2, 0) is 5.54 Å². The molecular formula is C12H17NO. The Hall–Kier alpha value is -1.02. The normalized spacial score (nSPS) is 30.1. The molecule has 1 aromatic rings. The van der Waals surface area contributed by atoms with Crippen LogP contribution in [0.1, 0.15) is 24.5 Å². The lowest BCUT2D eigenvalue weighted by Crippen LogP contribution is -2.21. The van der Waals surface area contributed by atoms with Crippen molar-refractivity contribution in [1.82, 2.24) is 0 Å². The molecule has 0 aromatic heterocycles. The zero-order chi connectivity index (χ0) is 10.3. The highest BCUT2D eigenvalue weighted by Crippen LogP contribution is 2.49. The highest BCUT2D eigenvalue weighted by Gasteiger charge is 2.48. The topological polar surface area (TPSA) is 35.2 Å². The Morgan fingerprint density at radius 1 is 1.50 bits per heavy atom. The Balaban J connectivity index is 2.34. The smallest absolute Gasteiger partial charge is 0.121 e. The van der Waals surface area contributed by atoms with Crippen LogP contribution >= 0.6 is 0 Å². The van der Waals surface area contributed by atoms with Gasteiger partial charge in [0.25, 0.3) is 0 Å². The van der Waals surface area contributed by atoms with Crippen LogP contribution in [0.15, 0.2) is 18.2 Å². The van der Waals surface area contributed by atoms with E-state index in [0.717, 1.165) is 17.7 Å². The van der Waals surface area contributed by atoms with Crippen molar-refractivity contribution in [2.75, 3.05) is 7.11 Å². The Bertz CT molecular complexity index is 361. The molecule has 0 bridgehead atoms. The molecule has 0 heterocycles. The molecule has 0 aliphatic heterocycles. The maximum Gasteiger partial charge on any atom is 0.121 e. The number of methoxy groups -OCH3 is 1. The number of ether oxygens (including phenoxy) is 1. The lowest BCUT2D eigenvalue weighted by molar-refractivity contribution is 0.411. The summed E-state index contributed by atoms with van der Waals surface area (Å²) in [5.41, 5.74) is 8.56. The third-order valence-corrected chi connectivity index (χ3v) is 3.30. The standard InChI is InChI=1S/C12H17NO/c1-8-6-10(4-5-11(8)14-3)12(13)7-9(12)2/h4-6,9H,7,13H2,1-3H3. The molecule has 2 nitrogen and oxygen atoms in total. The number of rotatable bonds is 2. The number of hydrogen-bond donors (Lipinski definition) is 1. The minimum absolute atomic E-state index is 0.0724. The van der Waals surface area contributed by atoms with E-state index in [1.165, 1.54) is 5.56 Å². The van der Waals surface area contributed by atoms with Crippen LogP contribution in [0.4, 0.5) is 0 Å². The lowest BCUT2D eigenvalue weighted by atomic mass is 10.0. The summed E-state index contributed by atoms with van der Waals surface area (Å²) in [5, 5.41) is 0. The van der Waals surface area contributed by atoms with Gasteiger partial charge < -0.3 is 10.5 Å². The van der Waals surface area contributed by atoms with Gasteiger partial charge in [0, 0.05) is 5.54 Å². The molecule has 0 saturated heterocycles. The van der Waals surface area contributed by atoms with Crippen molar-refractivity contribution in [1.29, 1.82) is 0 Å². The van der Waals surface area contributed by atoms with Crippen molar-refractivity contribution in [3.63, 3.8) is 0 Å². The van der Waals surface area contributed by atoms with E-state index in [1.807, 2.05) is 6.07 Å². The van der Waals surface area contributed by atoms with Gasteiger partial charge in [0.2, 0.25) is 0 Å². The average Bonchev–Trinajstić information content (AvgIpc) is 2.76. The Morgan fingerprint density at radius 3 is 2.57 bits per heavy atom. The second-order valence-corrected chi connectivity index (χ2v) is 4.33. The van der Waals surface area contributed by atoms with Gasteiger partial charge in [-0.1, -0.05) is 19.1 Å². The van der Waals surface area contributed by atoms with Crippen LogP contribution in [0.25, 0.3) is 0 Å². The predicted molar refractivity (Wildman–Crippen MR) is 57.4 cm³/mol. The summed E-state index contributed by atoms with van der Waals surface area (Å²) >= 11 is 0. The van der Waals surface area contributed by atoms with E-state index in [4.69, 9.17) is 10.5 Å². The van der Waals surface area contributed by atoms with Crippen LogP contribution in [-0.4, -0.2) is 7.11 Å². The molecule has 1 fully saturated rings. The summed E-state index contributed by atoms with van der Waals surface area (Å²) in [6.45, 7) is 4.25. The van der Waals surface area contributed by atoms with Gasteiger partial charge >= 0.3 is 0 Å². The highest BCUT2D eigenvalue weighted by atomic mass is 16.5. The first-order valence-corrected chi connectivity index (χ1v) is 5.02. The molecule has 1 aliphatic carbocycles. The molecule has 2 atom stereocenters. The molecule has 0 spiro atoms. The number of hydrogen-bond acceptors (Lipinski definition) is 2. The molecule has 14 heavy (non-hydrogen) atoms. The number of benzene rings is 1. The summed E-state index contributed by atoms with van der Waals surface area (Å²) in [7, 11) is 1.69. The van der Waals surface area contributed by atoms with Gasteiger partial charge in [-0.2, -0.15) is 0 Å². The molecule has 76 valence electrons. The van der Waals surface area contributed by atoms with Gasteiger partial charge in [-0.05, 0) is 36.5 Å². The minimum Gasteiger partial charge on any atom is -0.496 e. The zero-order valence-electron chi connectivity index (χ0n) is 9.00. The van der Waals surface area contributed by atoms with E-state index in [9.17, 15) is 0 Å². The van der Waals surface area contributed by atoms with E-state index < -0.39 is 0 Å². The maximum atomic E-state index is 6.23. The fourth-order valence-electron chi connectivity index (χ4n) is 2.02. The molecule has 2 unspecified atom stereocenters. The number of aryl methyl sites for hydroxylation is 1.